The average Bonchev–Trinajstić information content (AvgIpc) is 2.43. The minimum Gasteiger partial charge on any atom is -0.421 e. The number of oxime groups is 1. The van der Waals surface area contributed by atoms with Gasteiger partial charge in [0.25, 0.3) is 0 Å². The van der Waals surface area contributed by atoms with Crippen molar-refractivity contribution in [3.05, 3.63) is 47.5 Å². The molecule has 0 fully saturated rings. The Morgan fingerprint density at radius 2 is 2.21 bits per heavy atom. The molecule has 0 saturated heterocycles. The van der Waals surface area contributed by atoms with Crippen molar-refractivity contribution in [3.8, 4) is 11.8 Å². The predicted molar refractivity (Wildman–Crippen MR) is 65.8 cm³/mol. The lowest BCUT2D eigenvalue weighted by Gasteiger charge is -2.07. The average molecular weight is 262 g/mol. The molecule has 0 unspecified atom stereocenters. The number of halogens is 1. The van der Waals surface area contributed by atoms with E-state index in [4.69, 9.17) is 15.7 Å². The molecule has 0 bridgehead atoms. The molecule has 0 radical (unpaired) electrons. The van der Waals surface area contributed by atoms with Gasteiger partial charge < -0.3 is 15.7 Å². The highest BCUT2D eigenvalue weighted by Crippen LogP contribution is 2.23. The third kappa shape index (κ3) is 2.76. The fraction of sp³-hybridized carbons (Fsp3) is 0.0833. The van der Waals surface area contributed by atoms with Crippen molar-refractivity contribution >= 4 is 5.84 Å². The van der Waals surface area contributed by atoms with Gasteiger partial charge >= 0.3 is 6.01 Å². The Kier molecular flexibility index (Phi) is 3.56. The van der Waals surface area contributed by atoms with Gasteiger partial charge in [0, 0.05) is 6.20 Å². The van der Waals surface area contributed by atoms with Gasteiger partial charge in [-0.3, -0.25) is 0 Å². The first-order valence-electron chi connectivity index (χ1n) is 5.35. The number of benzene rings is 1. The number of aryl methyl sites for hydroxylation is 1. The second-order valence-electron chi connectivity index (χ2n) is 3.70. The number of aromatic nitrogens is 2. The summed E-state index contributed by atoms with van der Waals surface area (Å²) in [7, 11) is 0. The Balaban J connectivity index is 2.31. The SMILES string of the molecule is Cc1cccc(Oc2nccc(/C(N)=N/O)n2)c1F. The molecule has 1 heterocycles. The van der Waals surface area contributed by atoms with Gasteiger partial charge in [-0.05, 0) is 24.6 Å². The summed E-state index contributed by atoms with van der Waals surface area (Å²) in [5, 5.41) is 11.4. The van der Waals surface area contributed by atoms with Crippen LogP contribution in [0.1, 0.15) is 11.3 Å². The van der Waals surface area contributed by atoms with E-state index >= 15 is 0 Å². The number of amidine groups is 1. The Morgan fingerprint density at radius 3 is 2.95 bits per heavy atom. The molecule has 98 valence electrons. The molecule has 2 aromatic rings. The summed E-state index contributed by atoms with van der Waals surface area (Å²) in [6.45, 7) is 1.62. The van der Waals surface area contributed by atoms with E-state index in [1.54, 1.807) is 19.1 Å². The van der Waals surface area contributed by atoms with Crippen LogP contribution in [0.15, 0.2) is 35.6 Å². The van der Waals surface area contributed by atoms with Crippen molar-refractivity contribution in [1.29, 1.82) is 0 Å². The lowest BCUT2D eigenvalue weighted by atomic mass is 10.2. The molecule has 0 amide bonds. The topological polar surface area (TPSA) is 93.6 Å². The summed E-state index contributed by atoms with van der Waals surface area (Å²) >= 11 is 0. The molecule has 6 nitrogen and oxygen atoms in total. The summed E-state index contributed by atoms with van der Waals surface area (Å²) in [6.07, 6.45) is 1.36. The van der Waals surface area contributed by atoms with Crippen molar-refractivity contribution in [2.24, 2.45) is 10.9 Å². The van der Waals surface area contributed by atoms with Crippen LogP contribution in [-0.2, 0) is 0 Å². The van der Waals surface area contributed by atoms with Gasteiger partial charge in [-0.25, -0.2) is 9.37 Å². The van der Waals surface area contributed by atoms with Crippen LogP contribution in [0.4, 0.5) is 4.39 Å². The molecule has 0 saturated carbocycles. The van der Waals surface area contributed by atoms with Gasteiger partial charge in [0.05, 0.1) is 0 Å². The highest BCUT2D eigenvalue weighted by Gasteiger charge is 2.10. The molecule has 1 aromatic heterocycles. The number of hydrogen-bond donors (Lipinski definition) is 2. The Hall–Kier alpha value is -2.70. The third-order valence-corrected chi connectivity index (χ3v) is 2.36. The molecule has 7 heteroatoms. The minimum atomic E-state index is -0.486. The highest BCUT2D eigenvalue weighted by molar-refractivity contribution is 5.95. The van der Waals surface area contributed by atoms with E-state index in [9.17, 15) is 4.39 Å². The van der Waals surface area contributed by atoms with E-state index in [1.165, 1.54) is 18.3 Å². The van der Waals surface area contributed by atoms with Crippen molar-refractivity contribution in [1.82, 2.24) is 9.97 Å². The van der Waals surface area contributed by atoms with Gasteiger partial charge in [-0.2, -0.15) is 4.98 Å². The molecule has 0 aliphatic carbocycles. The normalized spacial score (nSPS) is 11.4. The maximum atomic E-state index is 13.7. The van der Waals surface area contributed by atoms with Gasteiger partial charge in [-0.15, -0.1) is 0 Å². The molecule has 19 heavy (non-hydrogen) atoms. The number of nitrogens with two attached hydrogens (primary N) is 1. The number of rotatable bonds is 3. The quantitative estimate of drug-likeness (QED) is 0.381. The first-order valence-corrected chi connectivity index (χ1v) is 5.35. The summed E-state index contributed by atoms with van der Waals surface area (Å²) in [5.74, 6) is -0.658. The molecule has 0 spiro atoms. The van der Waals surface area contributed by atoms with E-state index in [0.717, 1.165) is 0 Å². The molecule has 2 rings (SSSR count). The van der Waals surface area contributed by atoms with Crippen molar-refractivity contribution in [3.63, 3.8) is 0 Å². The van der Waals surface area contributed by atoms with E-state index in [-0.39, 0.29) is 23.3 Å². The maximum absolute atomic E-state index is 13.7. The molecular formula is C12H11FN4O2. The summed E-state index contributed by atoms with van der Waals surface area (Å²) in [4.78, 5) is 7.72. The predicted octanol–water partition coefficient (Wildman–Crippen LogP) is 1.81. The smallest absolute Gasteiger partial charge is 0.322 e. The Morgan fingerprint density at radius 1 is 1.42 bits per heavy atom. The monoisotopic (exact) mass is 262 g/mol. The summed E-state index contributed by atoms with van der Waals surface area (Å²) in [6, 6.07) is 6.08. The largest absolute Gasteiger partial charge is 0.421 e. The number of hydrogen-bond acceptors (Lipinski definition) is 5. The molecule has 0 atom stereocenters. The zero-order valence-electron chi connectivity index (χ0n) is 10.0. The lowest BCUT2D eigenvalue weighted by Crippen LogP contribution is -2.15. The van der Waals surface area contributed by atoms with Crippen molar-refractivity contribution in [2.45, 2.75) is 6.92 Å². The highest BCUT2D eigenvalue weighted by atomic mass is 19.1. The molecule has 0 aliphatic heterocycles. The Bertz CT molecular complexity index is 631. The van der Waals surface area contributed by atoms with Crippen LogP contribution >= 0.6 is 0 Å². The summed E-state index contributed by atoms with van der Waals surface area (Å²) < 4.78 is 19.0. The Labute approximate surface area is 108 Å². The van der Waals surface area contributed by atoms with Crippen LogP contribution < -0.4 is 10.5 Å². The second-order valence-corrected chi connectivity index (χ2v) is 3.70. The molecule has 3 N–H and O–H groups in total. The van der Waals surface area contributed by atoms with Crippen LogP contribution in [0.2, 0.25) is 0 Å². The van der Waals surface area contributed by atoms with Gasteiger partial charge in [0.15, 0.2) is 17.4 Å². The number of nitrogens with zero attached hydrogens (tertiary/aromatic N) is 3. The second kappa shape index (κ2) is 5.30. The van der Waals surface area contributed by atoms with Crippen LogP contribution in [0.25, 0.3) is 0 Å². The van der Waals surface area contributed by atoms with Crippen molar-refractivity contribution in [2.75, 3.05) is 0 Å². The van der Waals surface area contributed by atoms with Gasteiger partial charge in [-0.1, -0.05) is 17.3 Å². The lowest BCUT2D eigenvalue weighted by molar-refractivity contribution is 0.318. The first kappa shape index (κ1) is 12.7. The van der Waals surface area contributed by atoms with Crippen LogP contribution in [-0.4, -0.2) is 21.0 Å². The fourth-order valence-corrected chi connectivity index (χ4v) is 1.38. The first-order chi connectivity index (χ1) is 9.11. The zero-order chi connectivity index (χ0) is 13.8. The van der Waals surface area contributed by atoms with E-state index in [0.29, 0.717) is 5.56 Å². The molecular weight excluding hydrogens is 251 g/mol. The maximum Gasteiger partial charge on any atom is 0.322 e. The number of ether oxygens (including phenoxy) is 1. The van der Waals surface area contributed by atoms with Crippen LogP contribution in [0.3, 0.4) is 0 Å². The minimum absolute atomic E-state index is 0.0108. The molecule has 1 aromatic carbocycles. The van der Waals surface area contributed by atoms with Crippen LogP contribution in [0, 0.1) is 12.7 Å². The fourth-order valence-electron chi connectivity index (χ4n) is 1.38. The van der Waals surface area contributed by atoms with Crippen molar-refractivity contribution < 1.29 is 14.3 Å². The van der Waals surface area contributed by atoms with Gasteiger partial charge in [0.2, 0.25) is 0 Å². The molecule has 0 aliphatic rings. The van der Waals surface area contributed by atoms with E-state index in [2.05, 4.69) is 15.1 Å². The third-order valence-electron chi connectivity index (χ3n) is 2.36. The van der Waals surface area contributed by atoms with E-state index in [1.807, 2.05) is 0 Å². The standard InChI is InChI=1S/C12H11FN4O2/c1-7-3-2-4-9(10(7)13)19-12-15-6-5-8(16-12)11(14)17-18/h2-6,18H,1H3,(H2,14,17). The van der Waals surface area contributed by atoms with E-state index < -0.39 is 5.82 Å². The van der Waals surface area contributed by atoms with Crippen LogP contribution in [0.5, 0.6) is 11.8 Å². The summed E-state index contributed by atoms with van der Waals surface area (Å²) in [5.41, 5.74) is 6.02. The zero-order valence-corrected chi connectivity index (χ0v) is 10.0. The van der Waals surface area contributed by atoms with Gasteiger partial charge in [0.1, 0.15) is 5.69 Å².